The maximum Gasteiger partial charge on any atom is 0.130 e. The summed E-state index contributed by atoms with van der Waals surface area (Å²) in [5.74, 6) is 6.16. The van der Waals surface area contributed by atoms with E-state index in [1.807, 2.05) is 6.07 Å². The molecule has 4 aliphatic rings. The van der Waals surface area contributed by atoms with Crippen LogP contribution in [0.3, 0.4) is 0 Å². The Hall–Kier alpha value is -4.45. The van der Waals surface area contributed by atoms with Crippen LogP contribution in [-0.2, 0) is 22.6 Å². The van der Waals surface area contributed by atoms with Crippen molar-refractivity contribution in [1.82, 2.24) is 40.0 Å². The van der Waals surface area contributed by atoms with Crippen LogP contribution >= 0.6 is 0 Å². The molecule has 396 valence electrons. The first-order chi connectivity index (χ1) is 34.7. The smallest absolute Gasteiger partial charge is 0.130 e. The Bertz CT molecular complexity index is 2060. The molecule has 1 N–H and O–H groups in total. The van der Waals surface area contributed by atoms with E-state index in [0.29, 0.717) is 29.6 Å². The maximum absolute atomic E-state index is 5.34. The highest BCUT2D eigenvalue weighted by atomic mass is 16.5. The van der Waals surface area contributed by atoms with E-state index in [1.165, 1.54) is 85.4 Å². The first-order valence-corrected chi connectivity index (χ1v) is 27.7. The Balaban J connectivity index is 0.000000191. The second kappa shape index (κ2) is 34.1. The minimum atomic E-state index is 0.436. The van der Waals surface area contributed by atoms with Gasteiger partial charge in [0, 0.05) is 88.5 Å². The van der Waals surface area contributed by atoms with Gasteiger partial charge in [-0.05, 0) is 134 Å². The van der Waals surface area contributed by atoms with Gasteiger partial charge in [0.15, 0.2) is 0 Å². The lowest BCUT2D eigenvalue weighted by Crippen LogP contribution is -2.35. The number of benzene rings is 2. The molecule has 9 rings (SSSR count). The fourth-order valence-electron chi connectivity index (χ4n) is 8.81. The lowest BCUT2D eigenvalue weighted by atomic mass is 9.89. The fourth-order valence-corrected chi connectivity index (χ4v) is 8.81. The van der Waals surface area contributed by atoms with Crippen molar-refractivity contribution in [3.8, 4) is 0 Å². The fraction of sp³-hybridized carbons (Fsp3) is 0.597. The van der Waals surface area contributed by atoms with Crippen LogP contribution in [0.25, 0.3) is 0 Å². The second-order valence-electron chi connectivity index (χ2n) is 21.7. The van der Waals surface area contributed by atoms with Crippen LogP contribution < -0.4 is 5.32 Å². The molecule has 4 fully saturated rings. The minimum absolute atomic E-state index is 0.436. The van der Waals surface area contributed by atoms with Gasteiger partial charge in [0.05, 0.1) is 24.6 Å². The van der Waals surface area contributed by atoms with Crippen LogP contribution in [0, 0.1) is 11.8 Å². The molecule has 0 bridgehead atoms. The number of nitrogens with zero attached hydrogens (tertiary/aromatic N) is 7. The molecular formula is C62H96N8O2. The van der Waals surface area contributed by atoms with Gasteiger partial charge in [-0.3, -0.25) is 24.8 Å². The van der Waals surface area contributed by atoms with Crippen LogP contribution in [0.2, 0.25) is 0 Å². The van der Waals surface area contributed by atoms with Crippen molar-refractivity contribution in [2.45, 2.75) is 164 Å². The summed E-state index contributed by atoms with van der Waals surface area (Å²) in [6, 6.07) is 26.3. The van der Waals surface area contributed by atoms with Crippen molar-refractivity contribution >= 4 is 0 Å². The molecule has 2 aromatic carbocycles. The number of hydrogen-bond donors (Lipinski definition) is 1. The molecule has 7 heterocycles. The van der Waals surface area contributed by atoms with Crippen molar-refractivity contribution in [2.75, 3.05) is 65.7 Å². The molecule has 0 aliphatic carbocycles. The van der Waals surface area contributed by atoms with E-state index in [0.717, 1.165) is 88.4 Å². The van der Waals surface area contributed by atoms with E-state index in [9.17, 15) is 0 Å². The zero-order chi connectivity index (χ0) is 52.1. The molecule has 3 aromatic heterocycles. The number of likely N-dealkylation sites (tertiary alicyclic amines) is 1. The van der Waals surface area contributed by atoms with Gasteiger partial charge in [-0.2, -0.15) is 0 Å². The molecule has 10 heteroatoms. The summed E-state index contributed by atoms with van der Waals surface area (Å²) in [6.07, 6.45) is 15.3. The van der Waals surface area contributed by atoms with Gasteiger partial charge in [-0.25, -0.2) is 9.97 Å². The number of aromatic nitrogens is 5. The quantitative estimate of drug-likeness (QED) is 0.138. The van der Waals surface area contributed by atoms with Gasteiger partial charge >= 0.3 is 0 Å². The van der Waals surface area contributed by atoms with E-state index < -0.39 is 0 Å². The van der Waals surface area contributed by atoms with E-state index in [1.54, 1.807) is 31.0 Å². The number of hydrogen-bond acceptors (Lipinski definition) is 10. The van der Waals surface area contributed by atoms with Crippen LogP contribution in [0.1, 0.15) is 196 Å². The van der Waals surface area contributed by atoms with Gasteiger partial charge in [0.25, 0.3) is 0 Å². The summed E-state index contributed by atoms with van der Waals surface area (Å²) < 4.78 is 10.6. The normalized spacial score (nSPS) is 17.3. The predicted octanol–water partition coefficient (Wildman–Crippen LogP) is 13.6. The predicted molar refractivity (Wildman–Crippen MR) is 301 cm³/mol. The Morgan fingerprint density at radius 3 is 1.69 bits per heavy atom. The van der Waals surface area contributed by atoms with Gasteiger partial charge in [-0.1, -0.05) is 138 Å². The largest absolute Gasteiger partial charge is 0.381 e. The number of nitrogens with one attached hydrogen (secondary N) is 1. The second-order valence-corrected chi connectivity index (χ2v) is 21.7. The third-order valence-corrected chi connectivity index (χ3v) is 13.8. The standard InChI is InChI=1S/C14H21N.C13H20N2O.C13H19N.C8H16O.2C7H10N2/c1-12(2)14-7-5-13(6-8-14)11-15-9-3-4-10-15;1-11(2)13-5-3-4-12(14-13)10-15-6-8-16-9-7-15;1-10(2)11-4-3-5-12(8-11)13-6-7-14-9-13;1-7(2)8-3-5-9-6-4-8;1-6(2)7-5-8-3-4-9-7;1-6(2)7-8-4-3-5-9-7/h5-8,12H,3-4,9-11H2,1-2H3;3-5,11H,6-10H2,1-2H3;3-5,8,10,13-14H,6-7,9H2,1-2H3;7-8H,3-6H2,1-2H3;2*3-6H,1-2H3. The molecule has 0 amide bonds. The molecule has 72 heavy (non-hydrogen) atoms. The lowest BCUT2D eigenvalue weighted by Gasteiger charge is -2.26. The van der Waals surface area contributed by atoms with Crippen molar-refractivity contribution in [3.05, 3.63) is 149 Å². The number of pyridine rings is 1. The zero-order valence-corrected chi connectivity index (χ0v) is 46.9. The van der Waals surface area contributed by atoms with Gasteiger partial charge < -0.3 is 14.8 Å². The number of rotatable bonds is 11. The van der Waals surface area contributed by atoms with Crippen LogP contribution in [0.5, 0.6) is 0 Å². The first-order valence-electron chi connectivity index (χ1n) is 27.7. The molecule has 1 unspecified atom stereocenters. The summed E-state index contributed by atoms with van der Waals surface area (Å²) in [7, 11) is 0. The molecule has 4 saturated heterocycles. The molecular weight excluding hydrogens is 889 g/mol. The summed E-state index contributed by atoms with van der Waals surface area (Å²) >= 11 is 0. The molecule has 1 atom stereocenters. The Morgan fingerprint density at radius 2 is 1.18 bits per heavy atom. The maximum atomic E-state index is 5.34. The Kier molecular flexibility index (Phi) is 28.5. The Morgan fingerprint density at radius 1 is 0.556 bits per heavy atom. The van der Waals surface area contributed by atoms with Crippen molar-refractivity contribution in [3.63, 3.8) is 0 Å². The Labute approximate surface area is 438 Å². The van der Waals surface area contributed by atoms with Crippen molar-refractivity contribution in [2.24, 2.45) is 11.8 Å². The monoisotopic (exact) mass is 985 g/mol. The summed E-state index contributed by atoms with van der Waals surface area (Å²) in [5.41, 5.74) is 9.30. The van der Waals surface area contributed by atoms with E-state index in [2.05, 4.69) is 190 Å². The highest BCUT2D eigenvalue weighted by Gasteiger charge is 2.18. The van der Waals surface area contributed by atoms with Crippen molar-refractivity contribution in [1.29, 1.82) is 0 Å². The molecule has 10 nitrogen and oxygen atoms in total. The number of ether oxygens (including phenoxy) is 2. The van der Waals surface area contributed by atoms with E-state index >= 15 is 0 Å². The van der Waals surface area contributed by atoms with E-state index in [4.69, 9.17) is 9.47 Å². The summed E-state index contributed by atoms with van der Waals surface area (Å²) in [5, 5.41) is 3.42. The van der Waals surface area contributed by atoms with Crippen LogP contribution in [-0.4, -0.2) is 100 Å². The molecule has 0 saturated carbocycles. The summed E-state index contributed by atoms with van der Waals surface area (Å²) in [4.78, 5) is 25.8. The topological polar surface area (TPSA) is 101 Å². The lowest BCUT2D eigenvalue weighted by molar-refractivity contribution is 0.0336. The molecule has 0 spiro atoms. The zero-order valence-electron chi connectivity index (χ0n) is 46.9. The van der Waals surface area contributed by atoms with Crippen LogP contribution in [0.15, 0.2) is 104 Å². The molecule has 0 radical (unpaired) electrons. The third kappa shape index (κ3) is 23.6. The highest BCUT2D eigenvalue weighted by molar-refractivity contribution is 5.29. The van der Waals surface area contributed by atoms with E-state index in [-0.39, 0.29) is 0 Å². The molecule has 4 aliphatic heterocycles. The number of morpholine rings is 1. The SMILES string of the molecule is CC(C)C1CCOCC1.CC(C)c1ccc(CN2CCCC2)cc1.CC(C)c1cccc(C2CCNC2)c1.CC(C)c1cccc(CN2CCOCC2)n1.CC(C)c1cnccn1.CC(C)c1ncccn1. The summed E-state index contributed by atoms with van der Waals surface area (Å²) in [6.45, 7) is 39.0. The third-order valence-electron chi connectivity index (χ3n) is 13.8. The molecule has 5 aromatic rings. The average Bonchev–Trinajstić information content (AvgIpc) is 4.15. The van der Waals surface area contributed by atoms with Gasteiger partial charge in [-0.15, -0.1) is 0 Å². The van der Waals surface area contributed by atoms with Gasteiger partial charge in [0.2, 0.25) is 0 Å². The van der Waals surface area contributed by atoms with Gasteiger partial charge in [0.1, 0.15) is 5.82 Å². The van der Waals surface area contributed by atoms with Crippen LogP contribution in [0.4, 0.5) is 0 Å². The average molecular weight is 986 g/mol. The minimum Gasteiger partial charge on any atom is -0.381 e. The highest BCUT2D eigenvalue weighted by Crippen LogP contribution is 2.26. The van der Waals surface area contributed by atoms with Crippen molar-refractivity contribution < 1.29 is 9.47 Å². The first kappa shape index (κ1) is 60.1.